The molecule has 0 aromatic carbocycles. The molecule has 0 radical (unpaired) electrons. The van der Waals surface area contributed by atoms with Gasteiger partial charge in [0.05, 0.1) is 31.8 Å². The highest BCUT2D eigenvalue weighted by Crippen LogP contribution is 2.09. The van der Waals surface area contributed by atoms with E-state index in [1.165, 1.54) is 0 Å². The number of aliphatic hydroxyl groups is 3. The number of rotatable bonds is 3. The van der Waals surface area contributed by atoms with Crippen LogP contribution in [0.3, 0.4) is 0 Å². The molecule has 0 aliphatic carbocycles. The summed E-state index contributed by atoms with van der Waals surface area (Å²) in [6, 6.07) is -0.629. The number of likely N-dealkylation sites (tertiary alicyclic amines) is 1. The Labute approximate surface area is 91.1 Å². The topological polar surface area (TPSA) is 130 Å². The molecule has 0 aromatic rings. The summed E-state index contributed by atoms with van der Waals surface area (Å²) in [4.78, 5) is 22.7. The Hall–Kier alpha value is -1.38. The molecule has 0 bridgehead atoms. The van der Waals surface area contributed by atoms with E-state index < -0.39 is 36.9 Å². The van der Waals surface area contributed by atoms with E-state index >= 15 is 0 Å². The normalized spacial score (nSPS) is 26.6. The molecule has 1 saturated heterocycles. The number of nitrogens with zero attached hydrogens (tertiary/aromatic N) is 1. The summed E-state index contributed by atoms with van der Waals surface area (Å²) in [5.74, 6) is -1.43. The second-order valence-electron chi connectivity index (χ2n) is 3.58. The number of amides is 2. The van der Waals surface area contributed by atoms with Crippen LogP contribution in [0.5, 0.6) is 0 Å². The summed E-state index contributed by atoms with van der Waals surface area (Å²) in [6.07, 6.45) is -3.65. The Bertz CT molecular complexity index is 274. The van der Waals surface area contributed by atoms with Crippen molar-refractivity contribution >= 4 is 12.0 Å². The monoisotopic (exact) mass is 234 g/mol. The number of aliphatic carboxylic acids is 1. The van der Waals surface area contributed by atoms with E-state index in [0.717, 1.165) is 4.90 Å². The number of carbonyl (C=O) groups excluding carboxylic acids is 1. The molecule has 1 aliphatic heterocycles. The minimum absolute atomic E-state index is 0.0177. The van der Waals surface area contributed by atoms with Crippen LogP contribution in [0.25, 0.3) is 0 Å². The Balaban J connectivity index is 2.34. The van der Waals surface area contributed by atoms with Gasteiger partial charge in [0.15, 0.2) is 6.10 Å². The van der Waals surface area contributed by atoms with E-state index in [1.54, 1.807) is 0 Å². The highest BCUT2D eigenvalue weighted by Gasteiger charge is 2.32. The number of carbonyl (C=O) groups is 2. The third kappa shape index (κ3) is 3.05. The number of carboxylic acids is 1. The van der Waals surface area contributed by atoms with Crippen LogP contribution in [0, 0.1) is 0 Å². The van der Waals surface area contributed by atoms with Gasteiger partial charge < -0.3 is 30.6 Å². The van der Waals surface area contributed by atoms with Crippen LogP contribution >= 0.6 is 0 Å². The number of β-amino-alcohol motifs (C(OH)–C–C–N with tert-alkyl or cyclic N) is 2. The van der Waals surface area contributed by atoms with Gasteiger partial charge in [0, 0.05) is 0 Å². The van der Waals surface area contributed by atoms with Crippen molar-refractivity contribution in [1.82, 2.24) is 10.2 Å². The highest BCUT2D eigenvalue weighted by molar-refractivity contribution is 5.77. The van der Waals surface area contributed by atoms with Gasteiger partial charge in [0.1, 0.15) is 0 Å². The molecular formula is C8H14N2O6. The van der Waals surface area contributed by atoms with Gasteiger partial charge in [-0.1, -0.05) is 0 Å². The molecule has 0 aromatic heterocycles. The predicted octanol–water partition coefficient (Wildman–Crippen LogP) is -2.82. The van der Waals surface area contributed by atoms with E-state index in [9.17, 15) is 9.59 Å². The molecule has 3 atom stereocenters. The molecule has 5 N–H and O–H groups in total. The fourth-order valence-electron chi connectivity index (χ4n) is 1.32. The zero-order valence-corrected chi connectivity index (χ0v) is 8.41. The van der Waals surface area contributed by atoms with Gasteiger partial charge >= 0.3 is 12.0 Å². The van der Waals surface area contributed by atoms with Crippen molar-refractivity contribution in [3.63, 3.8) is 0 Å². The molecule has 2 unspecified atom stereocenters. The van der Waals surface area contributed by atoms with Gasteiger partial charge in [0.2, 0.25) is 0 Å². The standard InChI is InChI=1S/C8H14N2O6/c11-4(7(14)15)1-9-8(16)10-2-5(12)6(13)3-10/h4-6,11-13H,1-3H2,(H,9,16)(H,14,15)/t4-,5?,6?/m0/s1. The van der Waals surface area contributed by atoms with Crippen molar-refractivity contribution in [3.8, 4) is 0 Å². The van der Waals surface area contributed by atoms with Crippen LogP contribution < -0.4 is 5.32 Å². The number of carboxylic acid groups (broad SMARTS) is 1. The van der Waals surface area contributed by atoms with Gasteiger partial charge in [-0.15, -0.1) is 0 Å². The minimum Gasteiger partial charge on any atom is -0.479 e. The molecule has 8 heteroatoms. The minimum atomic E-state index is -1.67. The first-order valence-corrected chi connectivity index (χ1v) is 4.71. The summed E-state index contributed by atoms with van der Waals surface area (Å²) in [5.41, 5.74) is 0. The third-order valence-corrected chi connectivity index (χ3v) is 2.28. The van der Waals surface area contributed by atoms with Crippen molar-refractivity contribution in [2.75, 3.05) is 19.6 Å². The summed E-state index contributed by atoms with van der Waals surface area (Å²) in [5, 5.41) is 37.8. The lowest BCUT2D eigenvalue weighted by Crippen LogP contribution is -2.44. The fourth-order valence-corrected chi connectivity index (χ4v) is 1.32. The van der Waals surface area contributed by atoms with Crippen molar-refractivity contribution in [1.29, 1.82) is 0 Å². The van der Waals surface area contributed by atoms with E-state index in [0.29, 0.717) is 0 Å². The van der Waals surface area contributed by atoms with Crippen LogP contribution in [0.2, 0.25) is 0 Å². The number of nitrogens with one attached hydrogen (secondary N) is 1. The Kier molecular flexibility index (Phi) is 4.05. The fraction of sp³-hybridized carbons (Fsp3) is 0.750. The van der Waals surface area contributed by atoms with Crippen molar-refractivity contribution < 1.29 is 30.0 Å². The number of hydrogen-bond acceptors (Lipinski definition) is 5. The number of aliphatic hydroxyl groups excluding tert-OH is 3. The second kappa shape index (κ2) is 5.10. The first-order valence-electron chi connectivity index (χ1n) is 4.71. The van der Waals surface area contributed by atoms with Crippen molar-refractivity contribution in [2.24, 2.45) is 0 Å². The molecule has 1 heterocycles. The lowest BCUT2D eigenvalue weighted by atomic mass is 10.3. The van der Waals surface area contributed by atoms with Crippen molar-refractivity contribution in [2.45, 2.75) is 18.3 Å². The van der Waals surface area contributed by atoms with Gasteiger partial charge in [-0.2, -0.15) is 0 Å². The van der Waals surface area contributed by atoms with Gasteiger partial charge in [-0.3, -0.25) is 0 Å². The van der Waals surface area contributed by atoms with Crippen molar-refractivity contribution in [3.05, 3.63) is 0 Å². The number of hydrogen-bond donors (Lipinski definition) is 5. The smallest absolute Gasteiger partial charge is 0.334 e. The largest absolute Gasteiger partial charge is 0.479 e. The summed E-state index contributed by atoms with van der Waals surface area (Å²) < 4.78 is 0. The van der Waals surface area contributed by atoms with Crippen LogP contribution in [0.4, 0.5) is 4.79 Å². The van der Waals surface area contributed by atoms with Crippen LogP contribution in [0.1, 0.15) is 0 Å². The maximum absolute atomic E-state index is 11.4. The van der Waals surface area contributed by atoms with Crippen LogP contribution in [0.15, 0.2) is 0 Å². The quantitative estimate of drug-likeness (QED) is 0.358. The maximum Gasteiger partial charge on any atom is 0.334 e. The number of urea groups is 1. The van der Waals surface area contributed by atoms with Gasteiger partial charge in [0.25, 0.3) is 0 Å². The molecule has 8 nitrogen and oxygen atoms in total. The average Bonchev–Trinajstić information content (AvgIpc) is 2.55. The van der Waals surface area contributed by atoms with Crippen LogP contribution in [-0.2, 0) is 4.79 Å². The van der Waals surface area contributed by atoms with Crippen LogP contribution in [-0.4, -0.2) is 75.3 Å². The molecule has 92 valence electrons. The predicted molar refractivity (Wildman–Crippen MR) is 50.6 cm³/mol. The highest BCUT2D eigenvalue weighted by atomic mass is 16.4. The maximum atomic E-state index is 11.4. The molecule has 1 rings (SSSR count). The molecule has 2 amide bonds. The van der Waals surface area contributed by atoms with E-state index in [2.05, 4.69) is 5.32 Å². The summed E-state index contributed by atoms with van der Waals surface area (Å²) in [6.45, 7) is -0.455. The molecule has 1 aliphatic rings. The van der Waals surface area contributed by atoms with Gasteiger partial charge in [-0.05, 0) is 0 Å². The summed E-state index contributed by atoms with van der Waals surface area (Å²) >= 11 is 0. The Morgan fingerprint density at radius 2 is 1.81 bits per heavy atom. The zero-order chi connectivity index (χ0) is 12.3. The molecular weight excluding hydrogens is 220 g/mol. The average molecular weight is 234 g/mol. The van der Waals surface area contributed by atoms with E-state index in [-0.39, 0.29) is 13.1 Å². The van der Waals surface area contributed by atoms with Gasteiger partial charge in [-0.25, -0.2) is 9.59 Å². The zero-order valence-electron chi connectivity index (χ0n) is 8.41. The first kappa shape index (κ1) is 12.7. The second-order valence-corrected chi connectivity index (χ2v) is 3.58. The molecule has 16 heavy (non-hydrogen) atoms. The Morgan fingerprint density at radius 3 is 2.25 bits per heavy atom. The molecule has 0 spiro atoms. The first-order chi connectivity index (χ1) is 7.41. The third-order valence-electron chi connectivity index (χ3n) is 2.28. The lowest BCUT2D eigenvalue weighted by molar-refractivity contribution is -0.146. The SMILES string of the molecule is O=C(O)[C@@H](O)CNC(=O)N1CC(O)C(O)C1. The van der Waals surface area contributed by atoms with E-state index in [4.69, 9.17) is 20.4 Å². The molecule has 0 saturated carbocycles. The Morgan fingerprint density at radius 1 is 1.31 bits per heavy atom. The summed E-state index contributed by atoms with van der Waals surface area (Å²) in [7, 11) is 0. The van der Waals surface area contributed by atoms with E-state index in [1.807, 2.05) is 0 Å². The molecule has 1 fully saturated rings. The lowest BCUT2D eigenvalue weighted by Gasteiger charge is -2.16.